The monoisotopic (exact) mass is 246 g/mol. The van der Waals surface area contributed by atoms with Crippen LogP contribution in [0.1, 0.15) is 59.8 Å². The van der Waals surface area contributed by atoms with E-state index in [4.69, 9.17) is 9.47 Å². The van der Waals surface area contributed by atoms with Crippen LogP contribution in [-0.4, -0.2) is 25.2 Å². The number of rotatable bonds is 7. The molecule has 4 heteroatoms. The fraction of sp³-hybridized carbons (Fsp3) is 0.846. The number of hydrogen-bond donors (Lipinski definition) is 0. The maximum absolute atomic E-state index is 10.9. The molecule has 0 aliphatic carbocycles. The van der Waals surface area contributed by atoms with Crippen molar-refractivity contribution in [2.45, 2.75) is 59.8 Å². The van der Waals surface area contributed by atoms with E-state index in [0.717, 1.165) is 0 Å². The summed E-state index contributed by atoms with van der Waals surface area (Å²) in [5, 5.41) is 0. The maximum Gasteiger partial charge on any atom is 0.305 e. The Morgan fingerprint density at radius 2 is 1.06 bits per heavy atom. The highest BCUT2D eigenvalue weighted by molar-refractivity contribution is 5.70. The lowest BCUT2D eigenvalue weighted by atomic mass is 10.2. The zero-order valence-electron chi connectivity index (χ0n) is 11.6. The summed E-state index contributed by atoms with van der Waals surface area (Å²) >= 11 is 0. The highest BCUT2D eigenvalue weighted by atomic mass is 16.5. The van der Waals surface area contributed by atoms with Crippen LogP contribution in [0.2, 0.25) is 0 Å². The lowest BCUT2D eigenvalue weighted by Crippen LogP contribution is -2.06. The molecule has 0 saturated heterocycles. The molecule has 0 atom stereocenters. The van der Waals surface area contributed by atoms with Crippen LogP contribution in [0.4, 0.5) is 0 Å². The van der Waals surface area contributed by atoms with Gasteiger partial charge in [-0.15, -0.1) is 0 Å². The molecule has 0 saturated carbocycles. The number of carbonyl (C=O) groups excluding carboxylic acids is 2. The van der Waals surface area contributed by atoms with Gasteiger partial charge in [-0.2, -0.15) is 0 Å². The van der Waals surface area contributed by atoms with Gasteiger partial charge in [0.1, 0.15) is 0 Å². The van der Waals surface area contributed by atoms with Gasteiger partial charge in [0.2, 0.25) is 0 Å². The summed E-state index contributed by atoms with van der Waals surface area (Å²) in [6, 6.07) is 0. The molecule has 0 aromatic carbocycles. The first-order chi connectivity index (χ1) is 8.12. The fourth-order valence-electron chi connectivity index (χ4n) is 1.00. The number of hydrogen-bond acceptors (Lipinski definition) is 4. The first-order valence-corrected chi connectivity index (χ1v) is 6.43. The van der Waals surface area contributed by atoms with E-state index in [2.05, 4.69) is 13.8 Å². The van der Waals surface area contributed by atoms with E-state index in [-0.39, 0.29) is 11.9 Å². The summed E-state index contributed by atoms with van der Waals surface area (Å²) in [7, 11) is 0. The van der Waals surface area contributed by atoms with E-state index in [0.29, 0.717) is 38.9 Å². The summed E-state index contributed by atoms with van der Waals surface area (Å²) in [5.74, 6) is -0.396. The Labute approximate surface area is 105 Å². The second-order valence-corrected chi connectivity index (χ2v) is 3.52. The first kappa shape index (κ1) is 18.3. The van der Waals surface area contributed by atoms with Gasteiger partial charge in [-0.3, -0.25) is 9.59 Å². The van der Waals surface area contributed by atoms with Crippen molar-refractivity contribution in [3.63, 3.8) is 0 Å². The van der Waals surface area contributed by atoms with Gasteiger partial charge in [0.15, 0.2) is 0 Å². The van der Waals surface area contributed by atoms with Crippen molar-refractivity contribution < 1.29 is 19.1 Å². The third-order valence-corrected chi connectivity index (χ3v) is 1.62. The van der Waals surface area contributed by atoms with Crippen molar-refractivity contribution in [1.82, 2.24) is 0 Å². The van der Waals surface area contributed by atoms with Crippen LogP contribution in [0.5, 0.6) is 0 Å². The predicted octanol–water partition coefficient (Wildman–Crippen LogP) is 3.09. The van der Waals surface area contributed by atoms with Crippen LogP contribution in [-0.2, 0) is 19.1 Å². The SMILES string of the molecule is CCC.CCOC(=O)CCCCC(=O)OCC. The molecule has 0 aliphatic rings. The normalized spacial score (nSPS) is 8.94. The summed E-state index contributed by atoms with van der Waals surface area (Å²) in [6.07, 6.45) is 3.37. The van der Waals surface area contributed by atoms with Gasteiger partial charge in [-0.05, 0) is 26.7 Å². The zero-order valence-corrected chi connectivity index (χ0v) is 11.6. The molecule has 0 rings (SSSR count). The van der Waals surface area contributed by atoms with E-state index in [1.807, 2.05) is 0 Å². The highest BCUT2D eigenvalue weighted by Gasteiger charge is 2.04. The topological polar surface area (TPSA) is 52.6 Å². The average Bonchev–Trinajstić information content (AvgIpc) is 2.26. The predicted molar refractivity (Wildman–Crippen MR) is 67.7 cm³/mol. The smallest absolute Gasteiger partial charge is 0.305 e. The van der Waals surface area contributed by atoms with Crippen LogP contribution in [0.3, 0.4) is 0 Å². The van der Waals surface area contributed by atoms with Crippen molar-refractivity contribution in [2.24, 2.45) is 0 Å². The molecule has 0 aliphatic heterocycles. The Morgan fingerprint density at radius 1 is 0.765 bits per heavy atom. The first-order valence-electron chi connectivity index (χ1n) is 6.43. The van der Waals surface area contributed by atoms with Crippen LogP contribution in [0, 0.1) is 0 Å². The number of ether oxygens (including phenoxy) is 2. The lowest BCUT2D eigenvalue weighted by Gasteiger charge is -2.02. The van der Waals surface area contributed by atoms with Gasteiger partial charge in [0.05, 0.1) is 13.2 Å². The van der Waals surface area contributed by atoms with Crippen molar-refractivity contribution in [3.8, 4) is 0 Å². The van der Waals surface area contributed by atoms with Gasteiger partial charge in [-0.1, -0.05) is 20.3 Å². The van der Waals surface area contributed by atoms with E-state index in [1.54, 1.807) is 13.8 Å². The van der Waals surface area contributed by atoms with Crippen molar-refractivity contribution in [2.75, 3.05) is 13.2 Å². The molecular weight excluding hydrogens is 220 g/mol. The standard InChI is InChI=1S/C10H18O4.C3H8/c1-3-13-9(11)7-5-6-8-10(12)14-4-2;1-3-2/h3-8H2,1-2H3;3H2,1-2H3. The van der Waals surface area contributed by atoms with Crippen LogP contribution in [0.25, 0.3) is 0 Å². The number of esters is 2. The van der Waals surface area contributed by atoms with Gasteiger partial charge in [-0.25, -0.2) is 0 Å². The Hall–Kier alpha value is -1.06. The number of carbonyl (C=O) groups is 2. The van der Waals surface area contributed by atoms with E-state index in [1.165, 1.54) is 6.42 Å². The van der Waals surface area contributed by atoms with Crippen molar-refractivity contribution in [3.05, 3.63) is 0 Å². The molecule has 0 N–H and O–H groups in total. The molecule has 0 heterocycles. The second-order valence-electron chi connectivity index (χ2n) is 3.52. The summed E-state index contributed by atoms with van der Waals surface area (Å²) < 4.78 is 9.48. The molecule has 0 fully saturated rings. The third-order valence-electron chi connectivity index (χ3n) is 1.62. The summed E-state index contributed by atoms with van der Waals surface area (Å²) in [6.45, 7) is 8.63. The molecule has 4 nitrogen and oxygen atoms in total. The Balaban J connectivity index is 0. The molecule has 0 aromatic heterocycles. The molecule has 102 valence electrons. The Bertz CT molecular complexity index is 170. The number of unbranched alkanes of at least 4 members (excludes halogenated alkanes) is 1. The summed E-state index contributed by atoms with van der Waals surface area (Å²) in [4.78, 5) is 21.8. The van der Waals surface area contributed by atoms with Crippen molar-refractivity contribution in [1.29, 1.82) is 0 Å². The average molecular weight is 246 g/mol. The van der Waals surface area contributed by atoms with Gasteiger partial charge in [0.25, 0.3) is 0 Å². The quantitative estimate of drug-likeness (QED) is 0.511. The van der Waals surface area contributed by atoms with Crippen LogP contribution in [0.15, 0.2) is 0 Å². The molecule has 0 amide bonds. The summed E-state index contributed by atoms with van der Waals surface area (Å²) in [5.41, 5.74) is 0. The third kappa shape index (κ3) is 17.5. The van der Waals surface area contributed by atoms with Crippen LogP contribution < -0.4 is 0 Å². The van der Waals surface area contributed by atoms with E-state index in [9.17, 15) is 9.59 Å². The molecular formula is C13H26O4. The largest absolute Gasteiger partial charge is 0.466 e. The van der Waals surface area contributed by atoms with Gasteiger partial charge >= 0.3 is 11.9 Å². The zero-order chi connectivity index (χ0) is 13.5. The molecule has 0 aromatic rings. The van der Waals surface area contributed by atoms with E-state index < -0.39 is 0 Å². The minimum absolute atomic E-state index is 0.198. The molecule has 0 unspecified atom stereocenters. The van der Waals surface area contributed by atoms with E-state index >= 15 is 0 Å². The molecule has 17 heavy (non-hydrogen) atoms. The van der Waals surface area contributed by atoms with Gasteiger partial charge in [0, 0.05) is 12.8 Å². The Morgan fingerprint density at radius 3 is 1.29 bits per heavy atom. The minimum Gasteiger partial charge on any atom is -0.466 e. The molecule has 0 spiro atoms. The minimum atomic E-state index is -0.198. The molecule has 0 bridgehead atoms. The lowest BCUT2D eigenvalue weighted by molar-refractivity contribution is -0.145. The fourth-order valence-corrected chi connectivity index (χ4v) is 1.00. The second kappa shape index (κ2) is 14.9. The van der Waals surface area contributed by atoms with Gasteiger partial charge < -0.3 is 9.47 Å². The van der Waals surface area contributed by atoms with Crippen LogP contribution >= 0.6 is 0 Å². The van der Waals surface area contributed by atoms with Crippen molar-refractivity contribution >= 4 is 11.9 Å². The highest BCUT2D eigenvalue weighted by Crippen LogP contribution is 2.02. The Kier molecular flexibility index (Phi) is 16.1. The maximum atomic E-state index is 10.9. The molecule has 0 radical (unpaired) electrons.